The van der Waals surface area contributed by atoms with Crippen LogP contribution in [-0.4, -0.2) is 0 Å². The lowest BCUT2D eigenvalue weighted by molar-refractivity contribution is 0.598. The van der Waals surface area contributed by atoms with Crippen molar-refractivity contribution >= 4 is 34.1 Å². The van der Waals surface area contributed by atoms with Crippen LogP contribution in [0.2, 0.25) is 0 Å². The van der Waals surface area contributed by atoms with Crippen LogP contribution in [0.4, 0.5) is 34.1 Å². The molecule has 56 heavy (non-hydrogen) atoms. The van der Waals surface area contributed by atoms with Gasteiger partial charge in [0.1, 0.15) is 0 Å². The van der Waals surface area contributed by atoms with Gasteiger partial charge in [0.25, 0.3) is 0 Å². The van der Waals surface area contributed by atoms with Gasteiger partial charge in [-0.05, 0) is 140 Å². The van der Waals surface area contributed by atoms with Crippen LogP contribution in [0.25, 0.3) is 22.3 Å². The zero-order chi connectivity index (χ0) is 38.9. The summed E-state index contributed by atoms with van der Waals surface area (Å²) in [5.74, 6) is 0.715. The molecule has 2 nitrogen and oxygen atoms in total. The normalized spacial score (nSPS) is 14.3. The van der Waals surface area contributed by atoms with Crippen LogP contribution in [0.5, 0.6) is 0 Å². The molecule has 278 valence electrons. The molecule has 0 saturated heterocycles. The van der Waals surface area contributed by atoms with Crippen molar-refractivity contribution in [3.05, 3.63) is 191 Å². The summed E-state index contributed by atoms with van der Waals surface area (Å²) in [6, 6.07) is 57.7. The van der Waals surface area contributed by atoms with E-state index in [1.165, 1.54) is 67.0 Å². The number of fused-ring (bicyclic) bond motifs is 7. The molecule has 7 aromatic carbocycles. The van der Waals surface area contributed by atoms with Crippen LogP contribution in [-0.2, 0) is 10.8 Å². The van der Waals surface area contributed by atoms with Crippen LogP contribution in [0.15, 0.2) is 158 Å². The fourth-order valence-corrected chi connectivity index (χ4v) is 10.1. The molecule has 0 fully saturated rings. The third kappa shape index (κ3) is 5.45. The molecule has 0 unspecified atom stereocenters. The van der Waals surface area contributed by atoms with Gasteiger partial charge in [0.15, 0.2) is 0 Å². The Morgan fingerprint density at radius 2 is 0.643 bits per heavy atom. The summed E-state index contributed by atoms with van der Waals surface area (Å²) in [5, 5.41) is 0. The van der Waals surface area contributed by atoms with Crippen LogP contribution in [0.1, 0.15) is 101 Å². The molecule has 0 heterocycles. The lowest BCUT2D eigenvalue weighted by atomic mass is 9.69. The molecule has 0 saturated carbocycles. The van der Waals surface area contributed by atoms with Gasteiger partial charge in [-0.1, -0.05) is 140 Å². The maximum absolute atomic E-state index is 2.49. The molecule has 2 aliphatic rings. The molecule has 0 spiro atoms. The van der Waals surface area contributed by atoms with Crippen LogP contribution >= 0.6 is 0 Å². The van der Waals surface area contributed by atoms with Crippen molar-refractivity contribution in [2.75, 3.05) is 9.80 Å². The Morgan fingerprint density at radius 1 is 0.357 bits per heavy atom. The highest BCUT2D eigenvalue weighted by Gasteiger charge is 2.49. The first kappa shape index (κ1) is 35.8. The molecule has 7 aromatic rings. The lowest BCUT2D eigenvalue weighted by Gasteiger charge is -2.34. The summed E-state index contributed by atoms with van der Waals surface area (Å²) < 4.78 is 0. The number of para-hydroxylation sites is 4. The standard InChI is InChI=1S/C54H52N2/c1-35(2)47-48(36(3)4)50-44-32-30-42(56(39-25-17-11-18-26-39)40-27-19-12-20-28-40)34-46(44)54(7,8)52(50)51-49(47)43-31-29-41(33-45(43)53(51,5)6)55(37-21-13-9-14-22-37)38-23-15-10-16-24-38/h9-36H,1-8H3. The number of hydrogen-bond donors (Lipinski definition) is 0. The number of anilines is 6. The van der Waals surface area contributed by atoms with E-state index in [9.17, 15) is 0 Å². The minimum Gasteiger partial charge on any atom is -0.310 e. The number of hydrogen-bond acceptors (Lipinski definition) is 2. The fraction of sp³-hybridized carbons (Fsp3) is 0.222. The van der Waals surface area contributed by atoms with Gasteiger partial charge in [0.05, 0.1) is 0 Å². The van der Waals surface area contributed by atoms with Gasteiger partial charge in [-0.3, -0.25) is 0 Å². The third-order valence-electron chi connectivity index (χ3n) is 12.4. The minimum absolute atomic E-state index is 0.231. The molecule has 0 aromatic heterocycles. The second kappa shape index (κ2) is 13.4. The summed E-state index contributed by atoms with van der Waals surface area (Å²) >= 11 is 0. The molecule has 0 aliphatic heterocycles. The smallest absolute Gasteiger partial charge is 0.0465 e. The molecule has 0 atom stereocenters. The summed E-state index contributed by atoms with van der Waals surface area (Å²) in [6.07, 6.45) is 0. The van der Waals surface area contributed by atoms with Gasteiger partial charge in [-0.2, -0.15) is 0 Å². The van der Waals surface area contributed by atoms with Crippen molar-refractivity contribution in [3.63, 3.8) is 0 Å². The first-order valence-electron chi connectivity index (χ1n) is 20.3. The highest BCUT2D eigenvalue weighted by Crippen LogP contribution is 2.64. The molecular weight excluding hydrogens is 677 g/mol. The van der Waals surface area contributed by atoms with Crippen molar-refractivity contribution < 1.29 is 0 Å². The molecule has 0 bridgehead atoms. The van der Waals surface area contributed by atoms with Gasteiger partial charge >= 0.3 is 0 Å². The average Bonchev–Trinajstić information content (AvgIpc) is 3.58. The van der Waals surface area contributed by atoms with E-state index in [0.29, 0.717) is 11.8 Å². The molecule has 2 heteroatoms. The van der Waals surface area contributed by atoms with E-state index in [4.69, 9.17) is 0 Å². The van der Waals surface area contributed by atoms with E-state index >= 15 is 0 Å². The van der Waals surface area contributed by atoms with Crippen LogP contribution in [0, 0.1) is 0 Å². The summed E-state index contributed by atoms with van der Waals surface area (Å²) in [5.41, 5.74) is 21.1. The van der Waals surface area contributed by atoms with Gasteiger partial charge in [-0.15, -0.1) is 0 Å². The van der Waals surface area contributed by atoms with Crippen molar-refractivity contribution in [1.29, 1.82) is 0 Å². The van der Waals surface area contributed by atoms with Gasteiger partial charge in [0, 0.05) is 45.0 Å². The van der Waals surface area contributed by atoms with E-state index in [0.717, 1.165) is 22.7 Å². The zero-order valence-electron chi connectivity index (χ0n) is 34.1. The Hall–Kier alpha value is -5.86. The summed E-state index contributed by atoms with van der Waals surface area (Å²) in [7, 11) is 0. The van der Waals surface area contributed by atoms with Crippen molar-refractivity contribution in [2.24, 2.45) is 0 Å². The SMILES string of the molecule is CC(C)c1c2c(c3c(c1C(C)C)-c1ccc(N(c4ccccc4)c4ccccc4)cc1C3(C)C)C(C)(C)c1cc(N(c3ccccc3)c3ccccc3)ccc1-2. The van der Waals surface area contributed by atoms with E-state index in [-0.39, 0.29) is 10.8 Å². The molecule has 0 amide bonds. The van der Waals surface area contributed by atoms with Crippen LogP contribution in [0.3, 0.4) is 0 Å². The molecule has 2 aliphatic carbocycles. The first-order valence-corrected chi connectivity index (χ1v) is 20.3. The summed E-state index contributed by atoms with van der Waals surface area (Å²) in [6.45, 7) is 19.5. The Morgan fingerprint density at radius 3 is 0.911 bits per heavy atom. The van der Waals surface area contributed by atoms with Crippen molar-refractivity contribution in [2.45, 2.75) is 78.1 Å². The molecular formula is C54H52N2. The van der Waals surface area contributed by atoms with E-state index < -0.39 is 0 Å². The quantitative estimate of drug-likeness (QED) is 0.154. The molecule has 9 rings (SSSR count). The Balaban J connectivity index is 1.28. The van der Waals surface area contributed by atoms with E-state index in [1.807, 2.05) is 0 Å². The van der Waals surface area contributed by atoms with E-state index in [2.05, 4.69) is 223 Å². The second-order valence-corrected chi connectivity index (χ2v) is 17.4. The lowest BCUT2D eigenvalue weighted by Crippen LogP contribution is -2.25. The van der Waals surface area contributed by atoms with Gasteiger partial charge < -0.3 is 9.80 Å². The Bertz CT molecular complexity index is 2300. The first-order chi connectivity index (χ1) is 27.0. The van der Waals surface area contributed by atoms with E-state index in [1.54, 1.807) is 0 Å². The number of nitrogens with zero attached hydrogens (tertiary/aromatic N) is 2. The monoisotopic (exact) mass is 728 g/mol. The maximum atomic E-state index is 2.49. The highest BCUT2D eigenvalue weighted by molar-refractivity contribution is 5.97. The van der Waals surface area contributed by atoms with Crippen LogP contribution < -0.4 is 9.80 Å². The highest BCUT2D eigenvalue weighted by atomic mass is 15.1. The molecule has 0 radical (unpaired) electrons. The van der Waals surface area contributed by atoms with Crippen molar-refractivity contribution in [3.8, 4) is 22.3 Å². The molecule has 0 N–H and O–H groups in total. The second-order valence-electron chi connectivity index (χ2n) is 17.4. The largest absolute Gasteiger partial charge is 0.310 e. The summed E-state index contributed by atoms with van der Waals surface area (Å²) in [4.78, 5) is 4.80. The average molecular weight is 729 g/mol. The number of benzene rings is 7. The van der Waals surface area contributed by atoms with Gasteiger partial charge in [0.2, 0.25) is 0 Å². The fourth-order valence-electron chi connectivity index (χ4n) is 10.1. The predicted molar refractivity (Wildman–Crippen MR) is 239 cm³/mol. The van der Waals surface area contributed by atoms with Crippen molar-refractivity contribution in [1.82, 2.24) is 0 Å². The topological polar surface area (TPSA) is 6.48 Å². The third-order valence-corrected chi connectivity index (χ3v) is 12.4. The number of rotatable bonds is 8. The Labute approximate surface area is 334 Å². The predicted octanol–water partition coefficient (Wildman–Crippen LogP) is 15.5. The van der Waals surface area contributed by atoms with Gasteiger partial charge in [-0.25, -0.2) is 0 Å². The minimum atomic E-state index is -0.231. The maximum Gasteiger partial charge on any atom is 0.0465 e. The zero-order valence-corrected chi connectivity index (χ0v) is 34.1. The Kier molecular flexibility index (Phi) is 8.58.